The second-order valence-electron chi connectivity index (χ2n) is 5.32. The Morgan fingerprint density at radius 3 is 2.94 bits per heavy atom. The summed E-state index contributed by atoms with van der Waals surface area (Å²) in [6.07, 6.45) is 1.36. The van der Waals surface area contributed by atoms with Crippen LogP contribution in [0, 0.1) is 11.8 Å². The SMILES string of the molecule is CC1CC1CNCc1cc(N)c2ccccc2n1. The lowest BCUT2D eigenvalue weighted by Gasteiger charge is -2.07. The van der Waals surface area contributed by atoms with E-state index in [1.54, 1.807) is 0 Å². The van der Waals surface area contributed by atoms with Crippen molar-refractivity contribution in [3.05, 3.63) is 36.0 Å². The predicted octanol–water partition coefficient (Wildman–Crippen LogP) is 2.56. The number of para-hydroxylation sites is 1. The molecule has 0 amide bonds. The summed E-state index contributed by atoms with van der Waals surface area (Å²) in [5.74, 6) is 1.76. The Morgan fingerprint density at radius 1 is 1.39 bits per heavy atom. The number of pyridine rings is 1. The minimum atomic E-state index is 0.804. The minimum absolute atomic E-state index is 0.804. The normalized spacial score (nSPS) is 22.3. The number of aromatic nitrogens is 1. The van der Waals surface area contributed by atoms with Crippen LogP contribution in [-0.2, 0) is 6.54 Å². The lowest BCUT2D eigenvalue weighted by atomic mass is 10.1. The van der Waals surface area contributed by atoms with Gasteiger partial charge < -0.3 is 11.1 Å². The molecular weight excluding hydrogens is 222 g/mol. The van der Waals surface area contributed by atoms with Gasteiger partial charge in [0.25, 0.3) is 0 Å². The number of benzene rings is 1. The Kier molecular flexibility index (Phi) is 2.92. The molecule has 0 saturated heterocycles. The first-order valence-corrected chi connectivity index (χ1v) is 6.59. The van der Waals surface area contributed by atoms with Gasteiger partial charge in [-0.3, -0.25) is 4.98 Å². The molecule has 2 atom stereocenters. The van der Waals surface area contributed by atoms with E-state index in [9.17, 15) is 0 Å². The number of hydrogen-bond donors (Lipinski definition) is 2. The molecule has 1 saturated carbocycles. The van der Waals surface area contributed by atoms with Crippen molar-refractivity contribution in [1.82, 2.24) is 10.3 Å². The summed E-state index contributed by atoms with van der Waals surface area (Å²) < 4.78 is 0. The average Bonchev–Trinajstić information content (AvgIpc) is 3.05. The zero-order chi connectivity index (χ0) is 12.5. The van der Waals surface area contributed by atoms with Crippen molar-refractivity contribution >= 4 is 16.6 Å². The van der Waals surface area contributed by atoms with Crippen LogP contribution in [0.3, 0.4) is 0 Å². The van der Waals surface area contributed by atoms with Gasteiger partial charge in [0.05, 0.1) is 11.2 Å². The molecule has 1 aliphatic carbocycles. The molecule has 0 radical (unpaired) electrons. The molecule has 1 fully saturated rings. The molecule has 1 aromatic carbocycles. The second-order valence-corrected chi connectivity index (χ2v) is 5.32. The summed E-state index contributed by atoms with van der Waals surface area (Å²) in [5, 5.41) is 4.51. The maximum atomic E-state index is 6.06. The van der Waals surface area contributed by atoms with E-state index >= 15 is 0 Å². The predicted molar refractivity (Wildman–Crippen MR) is 75.1 cm³/mol. The molecule has 3 heteroatoms. The largest absolute Gasteiger partial charge is 0.398 e. The lowest BCUT2D eigenvalue weighted by Crippen LogP contribution is -2.17. The van der Waals surface area contributed by atoms with Gasteiger partial charge >= 0.3 is 0 Å². The quantitative estimate of drug-likeness (QED) is 0.865. The summed E-state index contributed by atoms with van der Waals surface area (Å²) in [7, 11) is 0. The first kappa shape index (κ1) is 11.5. The van der Waals surface area contributed by atoms with Gasteiger partial charge in [-0.25, -0.2) is 0 Å². The third-order valence-electron chi connectivity index (χ3n) is 3.79. The van der Waals surface area contributed by atoms with Crippen LogP contribution in [0.4, 0.5) is 5.69 Å². The van der Waals surface area contributed by atoms with Crippen molar-refractivity contribution in [2.75, 3.05) is 12.3 Å². The number of nitrogens with one attached hydrogen (secondary N) is 1. The molecular formula is C15H19N3. The zero-order valence-corrected chi connectivity index (χ0v) is 10.7. The van der Waals surface area contributed by atoms with Gasteiger partial charge in [0.1, 0.15) is 0 Å². The maximum Gasteiger partial charge on any atom is 0.0726 e. The van der Waals surface area contributed by atoms with Crippen LogP contribution in [0.15, 0.2) is 30.3 Å². The Bertz CT molecular complexity index is 565. The standard InChI is InChI=1S/C15H19N3/c1-10-6-11(10)8-17-9-12-7-14(16)13-4-2-3-5-15(13)18-12/h2-5,7,10-11,17H,6,8-9H2,1H3,(H2,16,18). The van der Waals surface area contributed by atoms with E-state index in [1.165, 1.54) is 6.42 Å². The summed E-state index contributed by atoms with van der Waals surface area (Å²) in [5.41, 5.74) is 8.88. The highest BCUT2D eigenvalue weighted by Crippen LogP contribution is 2.36. The van der Waals surface area contributed by atoms with Gasteiger partial charge in [-0.15, -0.1) is 0 Å². The summed E-state index contributed by atoms with van der Waals surface area (Å²) >= 11 is 0. The molecule has 1 heterocycles. The van der Waals surface area contributed by atoms with Gasteiger partial charge in [-0.05, 0) is 36.9 Å². The van der Waals surface area contributed by atoms with E-state index in [0.717, 1.165) is 47.2 Å². The van der Waals surface area contributed by atoms with E-state index in [2.05, 4.69) is 17.2 Å². The number of nitrogens with two attached hydrogens (primary N) is 1. The Hall–Kier alpha value is -1.61. The fraction of sp³-hybridized carbons (Fsp3) is 0.400. The van der Waals surface area contributed by atoms with Crippen molar-refractivity contribution in [2.45, 2.75) is 19.9 Å². The summed E-state index contributed by atoms with van der Waals surface area (Å²) in [6.45, 7) is 4.20. The molecule has 0 spiro atoms. The van der Waals surface area contributed by atoms with E-state index in [4.69, 9.17) is 5.73 Å². The zero-order valence-electron chi connectivity index (χ0n) is 10.7. The molecule has 3 N–H and O–H groups in total. The van der Waals surface area contributed by atoms with Crippen LogP contribution >= 0.6 is 0 Å². The molecule has 94 valence electrons. The average molecular weight is 241 g/mol. The van der Waals surface area contributed by atoms with Gasteiger partial charge in [0.15, 0.2) is 0 Å². The number of rotatable bonds is 4. The molecule has 0 bridgehead atoms. The smallest absolute Gasteiger partial charge is 0.0726 e. The maximum absolute atomic E-state index is 6.06. The van der Waals surface area contributed by atoms with Crippen LogP contribution < -0.4 is 11.1 Å². The number of anilines is 1. The van der Waals surface area contributed by atoms with Crippen molar-refractivity contribution in [1.29, 1.82) is 0 Å². The molecule has 2 unspecified atom stereocenters. The third kappa shape index (κ3) is 2.31. The van der Waals surface area contributed by atoms with Gasteiger partial charge in [-0.1, -0.05) is 25.1 Å². The number of nitrogens with zero attached hydrogens (tertiary/aromatic N) is 1. The highest BCUT2D eigenvalue weighted by Gasteiger charge is 2.31. The van der Waals surface area contributed by atoms with Crippen LogP contribution in [-0.4, -0.2) is 11.5 Å². The molecule has 3 nitrogen and oxygen atoms in total. The Balaban J connectivity index is 1.71. The summed E-state index contributed by atoms with van der Waals surface area (Å²) in [4.78, 5) is 4.63. The fourth-order valence-corrected chi connectivity index (χ4v) is 2.42. The van der Waals surface area contributed by atoms with Crippen LogP contribution in [0.25, 0.3) is 10.9 Å². The van der Waals surface area contributed by atoms with E-state index < -0.39 is 0 Å². The van der Waals surface area contributed by atoms with Crippen molar-refractivity contribution in [3.8, 4) is 0 Å². The monoisotopic (exact) mass is 241 g/mol. The first-order chi connectivity index (χ1) is 8.74. The van der Waals surface area contributed by atoms with Crippen LogP contribution in [0.1, 0.15) is 19.0 Å². The lowest BCUT2D eigenvalue weighted by molar-refractivity contribution is 0.606. The molecule has 1 aliphatic rings. The molecule has 18 heavy (non-hydrogen) atoms. The van der Waals surface area contributed by atoms with Gasteiger partial charge in [0, 0.05) is 17.6 Å². The number of fused-ring (bicyclic) bond motifs is 1. The van der Waals surface area contributed by atoms with E-state index in [-0.39, 0.29) is 0 Å². The van der Waals surface area contributed by atoms with Crippen LogP contribution in [0.2, 0.25) is 0 Å². The molecule has 3 rings (SSSR count). The highest BCUT2D eigenvalue weighted by atomic mass is 14.9. The first-order valence-electron chi connectivity index (χ1n) is 6.59. The van der Waals surface area contributed by atoms with Crippen molar-refractivity contribution in [3.63, 3.8) is 0 Å². The second kappa shape index (κ2) is 4.58. The fourth-order valence-electron chi connectivity index (χ4n) is 2.42. The molecule has 1 aromatic heterocycles. The van der Waals surface area contributed by atoms with E-state index in [0.29, 0.717) is 0 Å². The van der Waals surface area contributed by atoms with Crippen molar-refractivity contribution < 1.29 is 0 Å². The molecule has 0 aliphatic heterocycles. The minimum Gasteiger partial charge on any atom is -0.398 e. The van der Waals surface area contributed by atoms with Gasteiger partial charge in [0.2, 0.25) is 0 Å². The van der Waals surface area contributed by atoms with Crippen LogP contribution in [0.5, 0.6) is 0 Å². The number of hydrogen-bond acceptors (Lipinski definition) is 3. The van der Waals surface area contributed by atoms with E-state index in [1.807, 2.05) is 30.3 Å². The molecule has 2 aromatic rings. The summed E-state index contributed by atoms with van der Waals surface area (Å²) in [6, 6.07) is 10.00. The number of nitrogen functional groups attached to an aromatic ring is 1. The van der Waals surface area contributed by atoms with Crippen molar-refractivity contribution in [2.24, 2.45) is 11.8 Å². The third-order valence-corrected chi connectivity index (χ3v) is 3.79. The van der Waals surface area contributed by atoms with Gasteiger partial charge in [-0.2, -0.15) is 0 Å². The topological polar surface area (TPSA) is 50.9 Å². The highest BCUT2D eigenvalue weighted by molar-refractivity contribution is 5.90. The Labute approximate surface area is 107 Å². The Morgan fingerprint density at radius 2 is 2.17 bits per heavy atom.